The smallest absolute Gasteiger partial charge is 0.145 e. The molecule has 1 fully saturated rings. The molecule has 0 N–H and O–H groups in total. The highest BCUT2D eigenvalue weighted by atomic mass is 16.5. The predicted molar refractivity (Wildman–Crippen MR) is 143 cm³/mol. The van der Waals surface area contributed by atoms with Gasteiger partial charge in [-0.15, -0.1) is 0 Å². The first-order valence-corrected chi connectivity index (χ1v) is 14.4. The van der Waals surface area contributed by atoms with Gasteiger partial charge in [0.1, 0.15) is 5.94 Å². The molecule has 1 aliphatic heterocycles. The van der Waals surface area contributed by atoms with Crippen molar-refractivity contribution in [1.29, 1.82) is 0 Å². The second-order valence-electron chi connectivity index (χ2n) is 11.8. The van der Waals surface area contributed by atoms with E-state index in [9.17, 15) is 4.79 Å². The minimum Gasteiger partial charge on any atom is -0.381 e. The van der Waals surface area contributed by atoms with Crippen LogP contribution in [0.5, 0.6) is 0 Å². The lowest BCUT2D eigenvalue weighted by molar-refractivity contribution is -0.0742. The van der Waals surface area contributed by atoms with E-state index in [1.807, 2.05) is 0 Å². The molecule has 0 unspecified atom stereocenters. The van der Waals surface area contributed by atoms with Gasteiger partial charge in [0.25, 0.3) is 0 Å². The van der Waals surface area contributed by atoms with Crippen LogP contribution in [0.25, 0.3) is 0 Å². The molecule has 0 aromatic carbocycles. The van der Waals surface area contributed by atoms with Gasteiger partial charge in [-0.25, -0.2) is 4.79 Å². The molecular weight excluding hydrogens is 406 g/mol. The fourth-order valence-electron chi connectivity index (χ4n) is 6.13. The molecule has 0 aromatic rings. The molecule has 1 aliphatic rings. The minimum absolute atomic E-state index is 0.0791. The van der Waals surface area contributed by atoms with E-state index in [-0.39, 0.29) is 17.2 Å². The summed E-state index contributed by atoms with van der Waals surface area (Å²) in [4.78, 5) is 14.2. The minimum atomic E-state index is -0.0791. The Morgan fingerprint density at radius 2 is 1.09 bits per heavy atom. The van der Waals surface area contributed by atoms with Gasteiger partial charge >= 0.3 is 0 Å². The van der Waals surface area contributed by atoms with E-state index in [0.29, 0.717) is 0 Å². The highest BCUT2D eigenvalue weighted by Crippen LogP contribution is 2.42. The van der Waals surface area contributed by atoms with Crippen molar-refractivity contribution in [3.05, 3.63) is 5.70 Å². The van der Waals surface area contributed by atoms with Gasteiger partial charge in [-0.2, -0.15) is 0 Å². The first-order valence-electron chi connectivity index (χ1n) is 14.4. The maximum Gasteiger partial charge on any atom is 0.145 e. The number of methoxy groups -OCH3 is 1. The summed E-state index contributed by atoms with van der Waals surface area (Å²) >= 11 is 0. The van der Waals surface area contributed by atoms with Crippen LogP contribution >= 0.6 is 0 Å². The monoisotopic (exact) mass is 463 g/mol. The Bertz CT molecular complexity index is 529. The van der Waals surface area contributed by atoms with Crippen molar-refractivity contribution in [3.8, 4) is 0 Å². The van der Waals surface area contributed by atoms with Crippen molar-refractivity contribution in [2.75, 3.05) is 7.11 Å². The zero-order valence-electron chi connectivity index (χ0n) is 23.3. The van der Waals surface area contributed by atoms with Gasteiger partial charge in [0.05, 0.1) is 11.8 Å². The third kappa shape index (κ3) is 11.9. The second kappa shape index (κ2) is 16.8. The number of hydrogen-bond donors (Lipinski definition) is 0. The van der Waals surface area contributed by atoms with Crippen LogP contribution in [0.1, 0.15) is 157 Å². The summed E-state index contributed by atoms with van der Waals surface area (Å²) < 4.78 is 5.68. The third-order valence-electron chi connectivity index (χ3n) is 7.65. The highest BCUT2D eigenvalue weighted by Gasteiger charge is 2.46. The Morgan fingerprint density at radius 1 is 0.727 bits per heavy atom. The fourth-order valence-corrected chi connectivity index (χ4v) is 6.13. The molecule has 3 nitrogen and oxygen atoms in total. The van der Waals surface area contributed by atoms with Crippen LogP contribution in [0.4, 0.5) is 0 Å². The summed E-state index contributed by atoms with van der Waals surface area (Å²) in [6.45, 7) is 11.3. The van der Waals surface area contributed by atoms with Crippen LogP contribution in [-0.2, 0) is 9.53 Å². The molecule has 0 aromatic heterocycles. The molecule has 3 heteroatoms. The van der Waals surface area contributed by atoms with E-state index in [1.165, 1.54) is 96.3 Å². The van der Waals surface area contributed by atoms with Gasteiger partial charge in [0.15, 0.2) is 0 Å². The van der Waals surface area contributed by atoms with Crippen LogP contribution in [0, 0.1) is 0 Å². The zero-order chi connectivity index (χ0) is 24.6. The summed E-state index contributed by atoms with van der Waals surface area (Å²) in [6, 6.07) is 0. The average molecular weight is 464 g/mol. The molecule has 0 spiro atoms. The number of unbranched alkanes of at least 4 members (excludes halogenated alkanes) is 15. The molecule has 1 heterocycles. The molecule has 0 amide bonds. The average Bonchev–Trinajstić information content (AvgIpc) is 2.76. The molecule has 194 valence electrons. The van der Waals surface area contributed by atoms with Crippen LogP contribution in [0.3, 0.4) is 0 Å². The van der Waals surface area contributed by atoms with Crippen molar-refractivity contribution >= 4 is 5.94 Å². The molecule has 33 heavy (non-hydrogen) atoms. The van der Waals surface area contributed by atoms with Gasteiger partial charge in [0.2, 0.25) is 0 Å². The molecule has 1 rings (SSSR count). The van der Waals surface area contributed by atoms with E-state index in [0.717, 1.165) is 31.4 Å². The lowest BCUT2D eigenvalue weighted by atomic mass is 9.77. The van der Waals surface area contributed by atoms with Crippen molar-refractivity contribution in [1.82, 2.24) is 4.90 Å². The van der Waals surface area contributed by atoms with Gasteiger partial charge in [-0.3, -0.25) is 0 Å². The maximum absolute atomic E-state index is 11.9. The number of likely N-dealkylation sites (tertiary alicyclic amines) is 1. The quantitative estimate of drug-likeness (QED) is 0.141. The van der Waals surface area contributed by atoms with E-state index in [4.69, 9.17) is 4.74 Å². The summed E-state index contributed by atoms with van der Waals surface area (Å²) in [5.74, 6) is 2.32. The predicted octanol–water partition coefficient (Wildman–Crippen LogP) is 9.02. The van der Waals surface area contributed by atoms with Gasteiger partial charge in [-0.1, -0.05) is 103 Å². The van der Waals surface area contributed by atoms with E-state index >= 15 is 0 Å². The van der Waals surface area contributed by atoms with Crippen molar-refractivity contribution < 1.29 is 9.53 Å². The number of piperidine rings is 1. The van der Waals surface area contributed by atoms with E-state index in [1.54, 1.807) is 7.11 Å². The lowest BCUT2D eigenvalue weighted by Crippen LogP contribution is -2.61. The molecular formula is C30H57NO2. The highest BCUT2D eigenvalue weighted by molar-refractivity contribution is 5.52. The molecule has 1 saturated heterocycles. The topological polar surface area (TPSA) is 29.5 Å². The maximum atomic E-state index is 11.9. The van der Waals surface area contributed by atoms with Crippen LogP contribution in [0.2, 0.25) is 0 Å². The van der Waals surface area contributed by atoms with Gasteiger partial charge in [-0.05, 0) is 53.4 Å². The number of carbonyl (C=O) groups excluding carboxylic acids is 1. The SMILES string of the molecule is CCCCCCCCCCCCCCCCCCC(=C=O)N1C(C)(C)CC(OC)CC1(C)C. The summed E-state index contributed by atoms with van der Waals surface area (Å²) in [5.41, 5.74) is 0.707. The zero-order valence-corrected chi connectivity index (χ0v) is 23.3. The van der Waals surface area contributed by atoms with Crippen LogP contribution in [-0.4, -0.2) is 35.1 Å². The van der Waals surface area contributed by atoms with E-state index in [2.05, 4.69) is 45.5 Å². The fraction of sp³-hybridized carbons (Fsp3) is 0.933. The largest absolute Gasteiger partial charge is 0.381 e. The lowest BCUT2D eigenvalue weighted by Gasteiger charge is -2.56. The number of hydrogen-bond acceptors (Lipinski definition) is 3. The Balaban J connectivity index is 2.11. The molecule has 0 radical (unpaired) electrons. The van der Waals surface area contributed by atoms with Gasteiger partial charge in [0, 0.05) is 18.2 Å². The number of nitrogens with zero attached hydrogens (tertiary/aromatic N) is 1. The van der Waals surface area contributed by atoms with Crippen molar-refractivity contribution in [3.63, 3.8) is 0 Å². The normalized spacial score (nSPS) is 17.8. The number of ether oxygens (including phenoxy) is 1. The Kier molecular flexibility index (Phi) is 15.4. The molecule has 0 aliphatic carbocycles. The Labute approximate surface area is 207 Å². The molecule has 0 bridgehead atoms. The first kappa shape index (κ1) is 30.2. The summed E-state index contributed by atoms with van der Waals surface area (Å²) in [6.07, 6.45) is 25.0. The van der Waals surface area contributed by atoms with Crippen molar-refractivity contribution in [2.45, 2.75) is 174 Å². The third-order valence-corrected chi connectivity index (χ3v) is 7.65. The van der Waals surface area contributed by atoms with Crippen LogP contribution < -0.4 is 0 Å². The second-order valence-corrected chi connectivity index (χ2v) is 11.8. The van der Waals surface area contributed by atoms with E-state index < -0.39 is 0 Å². The molecule has 0 atom stereocenters. The summed E-state index contributed by atoms with van der Waals surface area (Å²) in [7, 11) is 1.80. The standard InChI is InChI=1S/C30H57NO2/c1-7-8-9-10-11-12-13-14-15-16-17-18-19-20-21-22-23-27(26-32)31-29(2,3)24-28(33-6)25-30(31,4)5/h28H,7-25H2,1-6H3. The Morgan fingerprint density at radius 3 is 1.42 bits per heavy atom. The van der Waals surface area contributed by atoms with Gasteiger partial charge < -0.3 is 9.64 Å². The first-order chi connectivity index (χ1) is 15.8. The molecule has 0 saturated carbocycles. The summed E-state index contributed by atoms with van der Waals surface area (Å²) in [5, 5.41) is 0. The Hall–Kier alpha value is -0.790. The van der Waals surface area contributed by atoms with Crippen molar-refractivity contribution in [2.24, 2.45) is 0 Å². The number of rotatable bonds is 19. The van der Waals surface area contributed by atoms with Crippen LogP contribution in [0.15, 0.2) is 5.70 Å². The number of allylic oxidation sites excluding steroid dienone is 1.